The maximum absolute atomic E-state index is 12.1. The number of carbonyl (C=O) groups is 1. The number of carbonyl (C=O) groups excluding carboxylic acids is 1. The van der Waals surface area contributed by atoms with E-state index in [0.29, 0.717) is 23.8 Å². The van der Waals surface area contributed by atoms with Crippen molar-refractivity contribution < 1.29 is 27.8 Å². The number of hydrogen-bond donors (Lipinski definition) is 1. The molecule has 5 nitrogen and oxygen atoms in total. The van der Waals surface area contributed by atoms with E-state index < -0.39 is 6.61 Å². The Balaban J connectivity index is 1.87. The number of ether oxygens (including phenoxy) is 3. The molecular formula is C17H17F2NO4. The van der Waals surface area contributed by atoms with E-state index in [0.717, 1.165) is 0 Å². The van der Waals surface area contributed by atoms with Crippen molar-refractivity contribution in [1.29, 1.82) is 0 Å². The van der Waals surface area contributed by atoms with Gasteiger partial charge >= 0.3 is 6.61 Å². The fourth-order valence-electron chi connectivity index (χ4n) is 1.90. The molecule has 2 rings (SSSR count). The summed E-state index contributed by atoms with van der Waals surface area (Å²) in [6.07, 6.45) is 0. The zero-order valence-corrected chi connectivity index (χ0v) is 13.0. The number of anilines is 1. The summed E-state index contributed by atoms with van der Waals surface area (Å²) in [5, 5.41) is 2.60. The third-order valence-corrected chi connectivity index (χ3v) is 2.87. The van der Waals surface area contributed by atoms with Crippen molar-refractivity contribution in [2.24, 2.45) is 0 Å². The van der Waals surface area contributed by atoms with E-state index in [1.165, 1.54) is 24.3 Å². The first kappa shape index (κ1) is 17.5. The number of benzene rings is 2. The smallest absolute Gasteiger partial charge is 0.387 e. The molecule has 0 heterocycles. The Morgan fingerprint density at radius 3 is 2.25 bits per heavy atom. The molecule has 1 N–H and O–H groups in total. The van der Waals surface area contributed by atoms with Crippen molar-refractivity contribution in [2.75, 3.05) is 18.5 Å². The summed E-state index contributed by atoms with van der Waals surface area (Å²) in [4.78, 5) is 11.9. The molecule has 7 heteroatoms. The van der Waals surface area contributed by atoms with Crippen LogP contribution in [0, 0.1) is 0 Å². The predicted molar refractivity (Wildman–Crippen MR) is 84.8 cm³/mol. The van der Waals surface area contributed by atoms with Gasteiger partial charge in [0.1, 0.15) is 5.75 Å². The summed E-state index contributed by atoms with van der Waals surface area (Å²) in [6.45, 7) is -0.756. The summed E-state index contributed by atoms with van der Waals surface area (Å²) >= 11 is 0. The maximum atomic E-state index is 12.1. The summed E-state index contributed by atoms with van der Waals surface area (Å²) in [5.74, 6) is 0.658. The molecule has 0 atom stereocenters. The second kappa shape index (κ2) is 8.71. The first-order valence-corrected chi connectivity index (χ1v) is 7.28. The number of halogens is 2. The molecule has 24 heavy (non-hydrogen) atoms. The van der Waals surface area contributed by atoms with E-state index in [1.807, 2.05) is 6.92 Å². The van der Waals surface area contributed by atoms with E-state index in [2.05, 4.69) is 10.1 Å². The van der Waals surface area contributed by atoms with Crippen molar-refractivity contribution in [3.05, 3.63) is 48.5 Å². The van der Waals surface area contributed by atoms with E-state index >= 15 is 0 Å². The maximum Gasteiger partial charge on any atom is 0.387 e. The predicted octanol–water partition coefficient (Wildman–Crippen LogP) is 3.70. The average Bonchev–Trinajstić information content (AvgIpc) is 2.56. The zero-order chi connectivity index (χ0) is 17.4. The number of alkyl halides is 2. The number of para-hydroxylation sites is 2. The minimum Gasteiger partial charge on any atom is -0.490 e. The molecule has 1 amide bonds. The van der Waals surface area contributed by atoms with Gasteiger partial charge in [0, 0.05) is 5.69 Å². The highest BCUT2D eigenvalue weighted by molar-refractivity contribution is 5.91. The summed E-state index contributed by atoms with van der Waals surface area (Å²) in [5.41, 5.74) is 0.448. The molecule has 0 saturated heterocycles. The van der Waals surface area contributed by atoms with Gasteiger partial charge < -0.3 is 19.5 Å². The van der Waals surface area contributed by atoms with Crippen molar-refractivity contribution in [3.8, 4) is 17.2 Å². The second-order valence-electron chi connectivity index (χ2n) is 4.62. The fraction of sp³-hybridized carbons (Fsp3) is 0.235. The molecule has 2 aromatic rings. The molecule has 0 unspecified atom stereocenters. The summed E-state index contributed by atoms with van der Waals surface area (Å²) < 4.78 is 39.2. The molecule has 0 radical (unpaired) electrons. The third kappa shape index (κ3) is 5.42. The number of nitrogens with one attached hydrogen (secondary N) is 1. The lowest BCUT2D eigenvalue weighted by molar-refractivity contribution is -0.118. The molecule has 128 valence electrons. The highest BCUT2D eigenvalue weighted by Gasteiger charge is 2.08. The molecule has 0 spiro atoms. The lowest BCUT2D eigenvalue weighted by Gasteiger charge is -2.12. The quantitative estimate of drug-likeness (QED) is 0.798. The first-order chi connectivity index (χ1) is 11.6. The largest absolute Gasteiger partial charge is 0.490 e. The van der Waals surface area contributed by atoms with Gasteiger partial charge in [-0.3, -0.25) is 4.79 Å². The Kier molecular flexibility index (Phi) is 6.36. The normalized spacial score (nSPS) is 10.3. The molecule has 0 aliphatic rings. The van der Waals surface area contributed by atoms with Crippen molar-refractivity contribution >= 4 is 11.6 Å². The van der Waals surface area contributed by atoms with Gasteiger partial charge in [-0.15, -0.1) is 0 Å². The number of rotatable bonds is 8. The minimum absolute atomic E-state index is 0.0184. The van der Waals surface area contributed by atoms with Crippen LogP contribution < -0.4 is 19.5 Å². The second-order valence-corrected chi connectivity index (χ2v) is 4.62. The van der Waals surface area contributed by atoms with Crippen molar-refractivity contribution in [1.82, 2.24) is 0 Å². The van der Waals surface area contributed by atoms with Crippen LogP contribution in [0.4, 0.5) is 14.5 Å². The van der Waals surface area contributed by atoms with E-state index in [1.54, 1.807) is 24.3 Å². The van der Waals surface area contributed by atoms with Crippen LogP contribution in [0.3, 0.4) is 0 Å². The Morgan fingerprint density at radius 1 is 1.04 bits per heavy atom. The van der Waals surface area contributed by atoms with Gasteiger partial charge in [-0.05, 0) is 43.3 Å². The molecule has 0 saturated carbocycles. The van der Waals surface area contributed by atoms with Gasteiger partial charge in [0.05, 0.1) is 6.61 Å². The number of hydrogen-bond acceptors (Lipinski definition) is 4. The summed E-state index contributed by atoms with van der Waals surface area (Å²) in [7, 11) is 0. The Morgan fingerprint density at radius 2 is 1.67 bits per heavy atom. The van der Waals surface area contributed by atoms with Crippen molar-refractivity contribution in [2.45, 2.75) is 13.5 Å². The van der Waals surface area contributed by atoms with Crippen LogP contribution >= 0.6 is 0 Å². The van der Waals surface area contributed by atoms with Gasteiger partial charge in [0.2, 0.25) is 0 Å². The molecule has 0 aliphatic carbocycles. The SMILES string of the molecule is CCOc1ccccc1OCC(=O)Nc1ccc(OC(F)F)cc1. The topological polar surface area (TPSA) is 56.8 Å². The molecule has 0 bridgehead atoms. The Bertz CT molecular complexity index is 662. The Labute approximate surface area is 138 Å². The van der Waals surface area contributed by atoms with Crippen LogP contribution in [0.15, 0.2) is 48.5 Å². The van der Waals surface area contributed by atoms with Gasteiger partial charge in [0.25, 0.3) is 5.91 Å². The fourth-order valence-corrected chi connectivity index (χ4v) is 1.90. The van der Waals surface area contributed by atoms with Crippen LogP contribution in [-0.2, 0) is 4.79 Å². The van der Waals surface area contributed by atoms with Gasteiger partial charge in [0.15, 0.2) is 18.1 Å². The van der Waals surface area contributed by atoms with Crippen LogP contribution in [0.5, 0.6) is 17.2 Å². The zero-order valence-electron chi connectivity index (χ0n) is 13.0. The van der Waals surface area contributed by atoms with Gasteiger partial charge in [-0.1, -0.05) is 12.1 Å². The lowest BCUT2D eigenvalue weighted by Crippen LogP contribution is -2.20. The molecular weight excluding hydrogens is 320 g/mol. The van der Waals surface area contributed by atoms with Crippen LogP contribution in [0.25, 0.3) is 0 Å². The van der Waals surface area contributed by atoms with Gasteiger partial charge in [-0.2, -0.15) is 8.78 Å². The van der Waals surface area contributed by atoms with Crippen LogP contribution in [0.1, 0.15) is 6.92 Å². The highest BCUT2D eigenvalue weighted by atomic mass is 19.3. The third-order valence-electron chi connectivity index (χ3n) is 2.87. The number of amides is 1. The monoisotopic (exact) mass is 337 g/mol. The van der Waals surface area contributed by atoms with Crippen molar-refractivity contribution in [3.63, 3.8) is 0 Å². The average molecular weight is 337 g/mol. The minimum atomic E-state index is -2.88. The van der Waals surface area contributed by atoms with Crippen LogP contribution in [-0.4, -0.2) is 25.7 Å². The van der Waals surface area contributed by atoms with Gasteiger partial charge in [-0.25, -0.2) is 0 Å². The van der Waals surface area contributed by atoms with E-state index in [4.69, 9.17) is 9.47 Å². The summed E-state index contributed by atoms with van der Waals surface area (Å²) in [6, 6.07) is 12.6. The molecule has 0 aliphatic heterocycles. The van der Waals surface area contributed by atoms with E-state index in [-0.39, 0.29) is 18.3 Å². The molecule has 0 fully saturated rings. The molecule has 2 aromatic carbocycles. The Hall–Kier alpha value is -2.83. The van der Waals surface area contributed by atoms with Crippen LogP contribution in [0.2, 0.25) is 0 Å². The lowest BCUT2D eigenvalue weighted by atomic mass is 10.3. The van der Waals surface area contributed by atoms with E-state index in [9.17, 15) is 13.6 Å². The highest BCUT2D eigenvalue weighted by Crippen LogP contribution is 2.26. The standard InChI is InChI=1S/C17H17F2NO4/c1-2-22-14-5-3-4-6-15(14)23-11-16(21)20-12-7-9-13(10-8-12)24-17(18)19/h3-10,17H,2,11H2,1H3,(H,20,21). The first-order valence-electron chi connectivity index (χ1n) is 7.28. The molecule has 0 aromatic heterocycles.